The molecule has 0 radical (unpaired) electrons. The Morgan fingerprint density at radius 2 is 1.83 bits per heavy atom. The van der Waals surface area contributed by atoms with Crippen LogP contribution in [0.2, 0.25) is 0 Å². The van der Waals surface area contributed by atoms with Gasteiger partial charge in [0.25, 0.3) is 11.8 Å². The third-order valence-electron chi connectivity index (χ3n) is 5.54. The fourth-order valence-electron chi connectivity index (χ4n) is 3.49. The van der Waals surface area contributed by atoms with Crippen LogP contribution in [-0.4, -0.2) is 36.4 Å². The molecule has 0 spiro atoms. The number of nitrogens with zero attached hydrogens (tertiary/aromatic N) is 1. The average molecular weight is 409 g/mol. The second kappa shape index (κ2) is 10.3. The van der Waals surface area contributed by atoms with Crippen molar-refractivity contribution in [3.63, 3.8) is 0 Å². The maximum absolute atomic E-state index is 13.0. The summed E-state index contributed by atoms with van der Waals surface area (Å²) in [5.74, 6) is 1.61. The van der Waals surface area contributed by atoms with Crippen molar-refractivity contribution in [1.82, 2.24) is 4.90 Å². The largest absolute Gasteiger partial charge is 0.494 e. The Morgan fingerprint density at radius 3 is 2.57 bits per heavy atom. The van der Waals surface area contributed by atoms with Crippen molar-refractivity contribution in [3.05, 3.63) is 59.7 Å². The van der Waals surface area contributed by atoms with Crippen LogP contribution in [-0.2, 0) is 0 Å². The molecule has 1 saturated heterocycles. The third kappa shape index (κ3) is 5.85. The van der Waals surface area contributed by atoms with Crippen molar-refractivity contribution in [2.24, 2.45) is 11.8 Å². The first kappa shape index (κ1) is 21.9. The second-order valence-corrected chi connectivity index (χ2v) is 8.53. The van der Waals surface area contributed by atoms with Gasteiger partial charge in [-0.1, -0.05) is 39.0 Å². The van der Waals surface area contributed by atoms with Gasteiger partial charge in [0.05, 0.1) is 17.9 Å². The molecule has 0 bridgehead atoms. The Morgan fingerprint density at radius 1 is 1.10 bits per heavy atom. The number of nitrogens with one attached hydrogen (secondary N) is 1. The fourth-order valence-corrected chi connectivity index (χ4v) is 3.49. The van der Waals surface area contributed by atoms with Crippen molar-refractivity contribution < 1.29 is 14.3 Å². The van der Waals surface area contributed by atoms with Crippen LogP contribution >= 0.6 is 0 Å². The van der Waals surface area contributed by atoms with E-state index in [9.17, 15) is 9.59 Å². The van der Waals surface area contributed by atoms with Gasteiger partial charge in [-0.25, -0.2) is 0 Å². The van der Waals surface area contributed by atoms with E-state index in [0.717, 1.165) is 32.4 Å². The number of para-hydroxylation sites is 1. The summed E-state index contributed by atoms with van der Waals surface area (Å²) in [7, 11) is 0. The summed E-state index contributed by atoms with van der Waals surface area (Å²) < 4.78 is 5.77. The van der Waals surface area contributed by atoms with Gasteiger partial charge < -0.3 is 15.0 Å². The van der Waals surface area contributed by atoms with Gasteiger partial charge in [-0.2, -0.15) is 0 Å². The molecule has 3 rings (SSSR count). The second-order valence-electron chi connectivity index (χ2n) is 8.53. The maximum atomic E-state index is 13.0. The van der Waals surface area contributed by atoms with Crippen molar-refractivity contribution in [3.8, 4) is 5.75 Å². The van der Waals surface area contributed by atoms with Crippen LogP contribution in [0.3, 0.4) is 0 Å². The van der Waals surface area contributed by atoms with Gasteiger partial charge in [0.1, 0.15) is 5.75 Å². The molecule has 1 fully saturated rings. The molecule has 1 aliphatic rings. The molecule has 5 nitrogen and oxygen atoms in total. The predicted molar refractivity (Wildman–Crippen MR) is 120 cm³/mol. The van der Waals surface area contributed by atoms with Gasteiger partial charge in [0.15, 0.2) is 0 Å². The minimum atomic E-state index is -0.253. The number of carbonyl (C=O) groups is 2. The molecule has 0 aliphatic carbocycles. The Labute approximate surface area is 179 Å². The van der Waals surface area contributed by atoms with Gasteiger partial charge in [-0.3, -0.25) is 9.59 Å². The Bertz CT molecular complexity index is 870. The van der Waals surface area contributed by atoms with E-state index in [1.807, 2.05) is 29.2 Å². The summed E-state index contributed by atoms with van der Waals surface area (Å²) in [6, 6.07) is 14.4. The predicted octanol–water partition coefficient (Wildman–Crippen LogP) is 5.24. The van der Waals surface area contributed by atoms with Gasteiger partial charge in [0, 0.05) is 18.7 Å². The lowest BCUT2D eigenvalue weighted by atomic mass is 9.98. The quantitative estimate of drug-likeness (QED) is 0.682. The molecular weight excluding hydrogens is 376 g/mol. The van der Waals surface area contributed by atoms with Crippen LogP contribution < -0.4 is 10.1 Å². The first-order valence-electron chi connectivity index (χ1n) is 10.9. The van der Waals surface area contributed by atoms with E-state index in [1.165, 1.54) is 0 Å². The topological polar surface area (TPSA) is 58.6 Å². The molecule has 30 heavy (non-hydrogen) atoms. The van der Waals surface area contributed by atoms with Crippen molar-refractivity contribution in [1.29, 1.82) is 0 Å². The summed E-state index contributed by atoms with van der Waals surface area (Å²) in [5.41, 5.74) is 1.58. The van der Waals surface area contributed by atoms with Crippen molar-refractivity contribution in [2.45, 2.75) is 40.0 Å². The highest BCUT2D eigenvalue weighted by Gasteiger charge is 2.23. The number of hydrogen-bond acceptors (Lipinski definition) is 3. The van der Waals surface area contributed by atoms with Crippen LogP contribution in [0.4, 0.5) is 5.69 Å². The highest BCUT2D eigenvalue weighted by molar-refractivity contribution is 6.09. The lowest BCUT2D eigenvalue weighted by Gasteiger charge is -2.30. The number of rotatable bonds is 7. The molecule has 1 aliphatic heterocycles. The van der Waals surface area contributed by atoms with E-state index < -0.39 is 0 Å². The standard InChI is InChI=1S/C25H32N2O3/c1-18(2)13-16-30-21-8-6-7-20(17-21)24(28)26-23-10-5-4-9-22(23)25(29)27-14-11-19(3)12-15-27/h4-10,17-19H,11-16H2,1-3H3,(H,26,28). The number of hydrogen-bond donors (Lipinski definition) is 1. The SMILES string of the molecule is CC(C)CCOc1cccc(C(=O)Nc2ccccc2C(=O)N2CCC(C)CC2)c1. The van der Waals surface area contributed by atoms with E-state index in [4.69, 9.17) is 4.74 Å². The van der Waals surface area contributed by atoms with Crippen LogP contribution in [0.25, 0.3) is 0 Å². The monoisotopic (exact) mass is 408 g/mol. The highest BCUT2D eigenvalue weighted by atomic mass is 16.5. The number of carbonyl (C=O) groups excluding carboxylic acids is 2. The molecule has 0 aromatic heterocycles. The number of amides is 2. The number of anilines is 1. The van der Waals surface area contributed by atoms with Crippen LogP contribution in [0.15, 0.2) is 48.5 Å². The average Bonchev–Trinajstić information content (AvgIpc) is 2.74. The molecule has 0 saturated carbocycles. The zero-order valence-electron chi connectivity index (χ0n) is 18.2. The molecule has 160 valence electrons. The molecular formula is C25H32N2O3. The molecule has 0 atom stereocenters. The van der Waals surface area contributed by atoms with E-state index in [1.54, 1.807) is 24.3 Å². The Kier molecular flexibility index (Phi) is 7.50. The van der Waals surface area contributed by atoms with Crippen LogP contribution in [0.1, 0.15) is 60.7 Å². The van der Waals surface area contributed by atoms with Gasteiger partial charge in [0.2, 0.25) is 0 Å². The van der Waals surface area contributed by atoms with Crippen LogP contribution in [0, 0.1) is 11.8 Å². The normalized spacial score (nSPS) is 14.6. The van der Waals surface area contributed by atoms with E-state index >= 15 is 0 Å². The van der Waals surface area contributed by atoms with E-state index in [2.05, 4.69) is 26.1 Å². The molecule has 2 amide bonds. The summed E-state index contributed by atoms with van der Waals surface area (Å²) in [4.78, 5) is 27.8. The number of benzene rings is 2. The van der Waals surface area contributed by atoms with E-state index in [0.29, 0.717) is 41.0 Å². The molecule has 0 unspecified atom stereocenters. The molecule has 2 aromatic rings. The zero-order chi connectivity index (χ0) is 21.5. The zero-order valence-corrected chi connectivity index (χ0v) is 18.2. The summed E-state index contributed by atoms with van der Waals surface area (Å²) in [5, 5.41) is 2.92. The molecule has 2 aromatic carbocycles. The number of piperidine rings is 1. The smallest absolute Gasteiger partial charge is 0.255 e. The van der Waals surface area contributed by atoms with Crippen molar-refractivity contribution in [2.75, 3.05) is 25.0 Å². The van der Waals surface area contributed by atoms with Crippen LogP contribution in [0.5, 0.6) is 5.75 Å². The minimum absolute atomic E-state index is 0.0245. The van der Waals surface area contributed by atoms with Gasteiger partial charge in [-0.05, 0) is 61.4 Å². The van der Waals surface area contributed by atoms with Crippen molar-refractivity contribution >= 4 is 17.5 Å². The minimum Gasteiger partial charge on any atom is -0.494 e. The number of likely N-dealkylation sites (tertiary alicyclic amines) is 1. The third-order valence-corrected chi connectivity index (χ3v) is 5.54. The summed E-state index contributed by atoms with van der Waals surface area (Å²) >= 11 is 0. The highest BCUT2D eigenvalue weighted by Crippen LogP contribution is 2.23. The maximum Gasteiger partial charge on any atom is 0.255 e. The lowest BCUT2D eigenvalue weighted by Crippen LogP contribution is -2.38. The Balaban J connectivity index is 1.69. The molecule has 5 heteroatoms. The summed E-state index contributed by atoms with van der Waals surface area (Å²) in [6.07, 6.45) is 2.99. The number of ether oxygens (including phenoxy) is 1. The van der Waals surface area contributed by atoms with Gasteiger partial charge >= 0.3 is 0 Å². The van der Waals surface area contributed by atoms with Gasteiger partial charge in [-0.15, -0.1) is 0 Å². The molecule has 1 heterocycles. The van der Waals surface area contributed by atoms with E-state index in [-0.39, 0.29) is 11.8 Å². The first-order valence-corrected chi connectivity index (χ1v) is 10.9. The molecule has 1 N–H and O–H groups in total. The summed E-state index contributed by atoms with van der Waals surface area (Å²) in [6.45, 7) is 8.66. The fraction of sp³-hybridized carbons (Fsp3) is 0.440. The lowest BCUT2D eigenvalue weighted by molar-refractivity contribution is 0.0698. The first-order chi connectivity index (χ1) is 14.4. The Hall–Kier alpha value is -2.82.